The van der Waals surface area contributed by atoms with E-state index in [1.165, 1.54) is 18.5 Å². The van der Waals surface area contributed by atoms with Crippen molar-refractivity contribution in [1.29, 1.82) is 0 Å². The van der Waals surface area contributed by atoms with Crippen LogP contribution in [0.5, 0.6) is 0 Å². The predicted molar refractivity (Wildman–Crippen MR) is 72.0 cm³/mol. The second kappa shape index (κ2) is 4.78. The molecule has 0 saturated heterocycles. The molecule has 0 bridgehead atoms. The summed E-state index contributed by atoms with van der Waals surface area (Å²) in [6.07, 6.45) is 2.97. The minimum Gasteiger partial charge on any atom is -0.339 e. The van der Waals surface area contributed by atoms with Crippen molar-refractivity contribution in [3.8, 4) is 0 Å². The first-order valence-corrected chi connectivity index (χ1v) is 5.89. The molecular weight excluding hydrogens is 267 g/mol. The molecule has 0 spiro atoms. The van der Waals surface area contributed by atoms with Crippen molar-refractivity contribution in [3.63, 3.8) is 0 Å². The second-order valence-electron chi connectivity index (χ2n) is 3.88. The highest BCUT2D eigenvalue weighted by molar-refractivity contribution is 6.29. The molecule has 0 fully saturated rings. The van der Waals surface area contributed by atoms with Crippen LogP contribution in [0.15, 0.2) is 42.9 Å². The smallest absolute Gasteiger partial charge is 0.141 e. The number of benzene rings is 1. The van der Waals surface area contributed by atoms with Gasteiger partial charge in [-0.2, -0.15) is 0 Å². The van der Waals surface area contributed by atoms with Gasteiger partial charge < -0.3 is 5.32 Å². The lowest BCUT2D eigenvalue weighted by Crippen LogP contribution is -1.96. The maximum atomic E-state index is 13.1. The lowest BCUT2D eigenvalue weighted by molar-refractivity contribution is 0.629. The number of hydrogen-bond acceptors (Lipinski definition) is 4. The van der Waals surface area contributed by atoms with Gasteiger partial charge in [0.05, 0.1) is 5.52 Å². The topological polar surface area (TPSA) is 50.7 Å². The van der Waals surface area contributed by atoms with Gasteiger partial charge in [-0.3, -0.25) is 0 Å². The van der Waals surface area contributed by atoms with E-state index in [9.17, 15) is 4.39 Å². The van der Waals surface area contributed by atoms with E-state index >= 15 is 0 Å². The third kappa shape index (κ3) is 2.46. The fourth-order valence-corrected chi connectivity index (χ4v) is 1.92. The number of aromatic nitrogens is 3. The van der Waals surface area contributed by atoms with E-state index < -0.39 is 0 Å². The summed E-state index contributed by atoms with van der Waals surface area (Å²) in [6.45, 7) is 0. The minimum absolute atomic E-state index is 0.330. The average Bonchev–Trinajstić information content (AvgIpc) is 2.38. The molecule has 4 nitrogen and oxygen atoms in total. The number of hydrogen-bond donors (Lipinski definition) is 1. The van der Waals surface area contributed by atoms with Crippen molar-refractivity contribution in [2.45, 2.75) is 0 Å². The molecular formula is C13H8ClFN4. The van der Waals surface area contributed by atoms with Crippen LogP contribution >= 0.6 is 11.6 Å². The van der Waals surface area contributed by atoms with E-state index in [0.29, 0.717) is 16.5 Å². The lowest BCUT2D eigenvalue weighted by atomic mass is 10.2. The van der Waals surface area contributed by atoms with Crippen molar-refractivity contribution >= 4 is 34.0 Å². The SMILES string of the molecule is Fc1ccc2c(Nc3ccnc(Cl)c3)ncnc2c1. The summed E-state index contributed by atoms with van der Waals surface area (Å²) in [5, 5.41) is 4.23. The Kier molecular flexibility index (Phi) is 2.97. The van der Waals surface area contributed by atoms with Crippen molar-refractivity contribution < 1.29 is 4.39 Å². The van der Waals surface area contributed by atoms with Gasteiger partial charge in [0.2, 0.25) is 0 Å². The first-order valence-electron chi connectivity index (χ1n) is 5.51. The molecule has 19 heavy (non-hydrogen) atoms. The molecule has 0 aliphatic heterocycles. The summed E-state index contributed by atoms with van der Waals surface area (Å²) < 4.78 is 13.1. The number of nitrogens with zero attached hydrogens (tertiary/aromatic N) is 3. The molecule has 2 heterocycles. The first kappa shape index (κ1) is 11.8. The fraction of sp³-hybridized carbons (Fsp3) is 0. The minimum atomic E-state index is -0.330. The summed E-state index contributed by atoms with van der Waals surface area (Å²) >= 11 is 5.82. The average molecular weight is 275 g/mol. The Morgan fingerprint density at radius 1 is 1.05 bits per heavy atom. The van der Waals surface area contributed by atoms with Crippen LogP contribution in [0.3, 0.4) is 0 Å². The van der Waals surface area contributed by atoms with Crippen LogP contribution in [0.25, 0.3) is 10.9 Å². The molecule has 0 unspecified atom stereocenters. The highest BCUT2D eigenvalue weighted by Gasteiger charge is 2.05. The van der Waals surface area contributed by atoms with Gasteiger partial charge in [0, 0.05) is 23.3 Å². The van der Waals surface area contributed by atoms with Gasteiger partial charge in [0.15, 0.2) is 0 Å². The predicted octanol–water partition coefficient (Wildman–Crippen LogP) is 3.56. The number of rotatable bonds is 2. The molecule has 3 rings (SSSR count). The molecule has 0 amide bonds. The third-order valence-electron chi connectivity index (χ3n) is 2.59. The van der Waals surface area contributed by atoms with Crippen molar-refractivity contribution in [3.05, 3.63) is 53.8 Å². The van der Waals surface area contributed by atoms with E-state index in [2.05, 4.69) is 20.3 Å². The van der Waals surface area contributed by atoms with Crippen LogP contribution in [0.1, 0.15) is 0 Å². The summed E-state index contributed by atoms with van der Waals surface area (Å²) in [5.41, 5.74) is 1.29. The third-order valence-corrected chi connectivity index (χ3v) is 2.79. The van der Waals surface area contributed by atoms with Gasteiger partial charge in [-0.15, -0.1) is 0 Å². The Morgan fingerprint density at radius 2 is 1.95 bits per heavy atom. The number of fused-ring (bicyclic) bond motifs is 1. The van der Waals surface area contributed by atoms with Gasteiger partial charge in [-0.25, -0.2) is 19.3 Å². The van der Waals surface area contributed by atoms with Gasteiger partial charge in [0.25, 0.3) is 0 Å². The standard InChI is InChI=1S/C13H8ClFN4/c14-12-6-9(3-4-16-12)19-13-10-2-1-8(15)5-11(10)17-7-18-13/h1-7H,(H,16,17,18,19). The molecule has 94 valence electrons. The van der Waals surface area contributed by atoms with E-state index in [0.717, 1.165) is 11.1 Å². The molecule has 1 N–H and O–H groups in total. The summed E-state index contributed by atoms with van der Waals surface area (Å²) in [5.74, 6) is 0.261. The molecule has 1 aromatic carbocycles. The molecule has 2 aromatic heterocycles. The molecule has 0 aliphatic rings. The number of anilines is 2. The van der Waals surface area contributed by atoms with Gasteiger partial charge in [-0.1, -0.05) is 11.6 Å². The summed E-state index contributed by atoms with van der Waals surface area (Å²) in [6, 6.07) is 7.82. The summed E-state index contributed by atoms with van der Waals surface area (Å²) in [4.78, 5) is 12.1. The van der Waals surface area contributed by atoms with E-state index in [1.54, 1.807) is 24.4 Å². The van der Waals surface area contributed by atoms with Gasteiger partial charge >= 0.3 is 0 Å². The van der Waals surface area contributed by atoms with Crippen LogP contribution in [0, 0.1) is 5.82 Å². The molecule has 0 saturated carbocycles. The Balaban J connectivity index is 2.06. The monoisotopic (exact) mass is 274 g/mol. The van der Waals surface area contributed by atoms with Gasteiger partial charge in [-0.05, 0) is 24.3 Å². The first-order chi connectivity index (χ1) is 9.22. The normalized spacial score (nSPS) is 10.6. The Hall–Kier alpha value is -2.27. The Morgan fingerprint density at radius 3 is 2.79 bits per heavy atom. The van der Waals surface area contributed by atoms with E-state index in [4.69, 9.17) is 11.6 Å². The summed E-state index contributed by atoms with van der Waals surface area (Å²) in [7, 11) is 0. The van der Waals surface area contributed by atoms with Crippen LogP contribution in [0.4, 0.5) is 15.9 Å². The molecule has 3 aromatic rings. The van der Waals surface area contributed by atoms with E-state index in [-0.39, 0.29) is 5.82 Å². The zero-order chi connectivity index (χ0) is 13.2. The maximum Gasteiger partial charge on any atom is 0.141 e. The van der Waals surface area contributed by atoms with E-state index in [1.807, 2.05) is 0 Å². The highest BCUT2D eigenvalue weighted by Crippen LogP contribution is 2.24. The Bertz CT molecular complexity index is 748. The van der Waals surface area contributed by atoms with Gasteiger partial charge in [0.1, 0.15) is 23.1 Å². The highest BCUT2D eigenvalue weighted by atomic mass is 35.5. The van der Waals surface area contributed by atoms with Crippen LogP contribution < -0.4 is 5.32 Å². The maximum absolute atomic E-state index is 13.1. The van der Waals surface area contributed by atoms with Crippen LogP contribution in [-0.4, -0.2) is 15.0 Å². The van der Waals surface area contributed by atoms with Crippen molar-refractivity contribution in [2.24, 2.45) is 0 Å². The van der Waals surface area contributed by atoms with Crippen LogP contribution in [0.2, 0.25) is 5.15 Å². The van der Waals surface area contributed by atoms with Crippen molar-refractivity contribution in [2.75, 3.05) is 5.32 Å². The number of pyridine rings is 1. The quantitative estimate of drug-likeness (QED) is 0.726. The van der Waals surface area contributed by atoms with Crippen LogP contribution in [-0.2, 0) is 0 Å². The second-order valence-corrected chi connectivity index (χ2v) is 4.26. The Labute approximate surface area is 113 Å². The lowest BCUT2D eigenvalue weighted by Gasteiger charge is -2.08. The number of nitrogens with one attached hydrogen (secondary N) is 1. The molecule has 0 aliphatic carbocycles. The fourth-order valence-electron chi connectivity index (χ4n) is 1.75. The molecule has 6 heteroatoms. The molecule has 0 radical (unpaired) electrons. The zero-order valence-corrected chi connectivity index (χ0v) is 10.4. The largest absolute Gasteiger partial charge is 0.339 e. The number of halogens is 2. The molecule has 0 atom stereocenters. The van der Waals surface area contributed by atoms with Crippen molar-refractivity contribution in [1.82, 2.24) is 15.0 Å². The zero-order valence-electron chi connectivity index (χ0n) is 9.64.